The Balaban J connectivity index is 1.98. The van der Waals surface area contributed by atoms with E-state index in [0.29, 0.717) is 12.1 Å². The van der Waals surface area contributed by atoms with Crippen LogP contribution in [-0.2, 0) is 22.4 Å². The van der Waals surface area contributed by atoms with Gasteiger partial charge in [-0.05, 0) is 62.3 Å². The summed E-state index contributed by atoms with van der Waals surface area (Å²) in [5, 5.41) is 2.72. The lowest BCUT2D eigenvalue weighted by Gasteiger charge is -2.17. The topological polar surface area (TPSA) is 55.4 Å². The average Bonchev–Trinajstić information content (AvgIpc) is 2.51. The first-order valence-corrected chi connectivity index (χ1v) is 7.72. The third-order valence-corrected chi connectivity index (χ3v) is 3.79. The van der Waals surface area contributed by atoms with E-state index in [-0.39, 0.29) is 5.91 Å². The van der Waals surface area contributed by atoms with Crippen molar-refractivity contribution in [1.82, 2.24) is 5.32 Å². The van der Waals surface area contributed by atoms with E-state index in [1.54, 1.807) is 13.0 Å². The van der Waals surface area contributed by atoms with Gasteiger partial charge in [-0.25, -0.2) is 4.79 Å². The smallest absolute Gasteiger partial charge is 0.338 e. The average molecular weight is 289 g/mol. The maximum atomic E-state index is 12.1. The standard InChI is InChI=1S/C17H23NO3/c1-3-10-18-16(19)12(2)21-17(20)15-9-8-13-6-4-5-7-14(13)11-15/h8-9,11-12H,3-7,10H2,1-2H3,(H,18,19)/t12-/m1/s1. The number of carbonyl (C=O) groups excluding carboxylic acids is 2. The summed E-state index contributed by atoms with van der Waals surface area (Å²) in [6.07, 6.45) is 4.58. The molecule has 0 saturated heterocycles. The second-order valence-electron chi connectivity index (χ2n) is 5.53. The van der Waals surface area contributed by atoms with E-state index in [1.807, 2.05) is 19.1 Å². The Labute approximate surface area is 125 Å². The second-order valence-corrected chi connectivity index (χ2v) is 5.53. The Morgan fingerprint density at radius 1 is 1.24 bits per heavy atom. The molecule has 0 fully saturated rings. The maximum Gasteiger partial charge on any atom is 0.338 e. The van der Waals surface area contributed by atoms with Crippen LogP contribution in [0.5, 0.6) is 0 Å². The van der Waals surface area contributed by atoms with Crippen molar-refractivity contribution in [3.63, 3.8) is 0 Å². The lowest BCUT2D eigenvalue weighted by molar-refractivity contribution is -0.129. The third-order valence-electron chi connectivity index (χ3n) is 3.79. The molecule has 1 aromatic rings. The largest absolute Gasteiger partial charge is 0.449 e. The molecule has 0 spiro atoms. The molecule has 0 unspecified atom stereocenters. The number of nitrogens with one attached hydrogen (secondary N) is 1. The van der Waals surface area contributed by atoms with Crippen LogP contribution in [0, 0.1) is 0 Å². The van der Waals surface area contributed by atoms with E-state index in [0.717, 1.165) is 19.3 Å². The van der Waals surface area contributed by atoms with Gasteiger partial charge in [0, 0.05) is 6.54 Å². The molecular weight excluding hydrogens is 266 g/mol. The lowest BCUT2D eigenvalue weighted by Crippen LogP contribution is -2.36. The van der Waals surface area contributed by atoms with Crippen LogP contribution in [0.1, 0.15) is 54.6 Å². The first-order chi connectivity index (χ1) is 10.1. The highest BCUT2D eigenvalue weighted by molar-refractivity contribution is 5.92. The normalized spacial score (nSPS) is 15.0. The van der Waals surface area contributed by atoms with Gasteiger partial charge in [-0.3, -0.25) is 4.79 Å². The van der Waals surface area contributed by atoms with Gasteiger partial charge in [0.05, 0.1) is 5.56 Å². The fourth-order valence-electron chi connectivity index (χ4n) is 2.53. The minimum atomic E-state index is -0.764. The summed E-state index contributed by atoms with van der Waals surface area (Å²) >= 11 is 0. The molecule has 1 amide bonds. The van der Waals surface area contributed by atoms with Crippen molar-refractivity contribution in [1.29, 1.82) is 0 Å². The number of rotatable bonds is 5. The molecule has 0 bridgehead atoms. The van der Waals surface area contributed by atoms with E-state index in [1.165, 1.54) is 24.0 Å². The van der Waals surface area contributed by atoms with Crippen molar-refractivity contribution in [3.8, 4) is 0 Å². The zero-order chi connectivity index (χ0) is 15.2. The van der Waals surface area contributed by atoms with Crippen molar-refractivity contribution in [2.45, 2.75) is 52.1 Å². The van der Waals surface area contributed by atoms with Gasteiger partial charge in [0.2, 0.25) is 0 Å². The van der Waals surface area contributed by atoms with Crippen LogP contribution < -0.4 is 5.32 Å². The monoisotopic (exact) mass is 289 g/mol. The Kier molecular flexibility index (Phi) is 5.37. The summed E-state index contributed by atoms with van der Waals surface area (Å²) in [5.41, 5.74) is 3.09. The number of amides is 1. The maximum absolute atomic E-state index is 12.1. The third kappa shape index (κ3) is 4.06. The molecule has 1 aliphatic rings. The number of aryl methyl sites for hydroxylation is 2. The zero-order valence-electron chi connectivity index (χ0n) is 12.8. The minimum Gasteiger partial charge on any atom is -0.449 e. The van der Waals surface area contributed by atoms with Gasteiger partial charge in [-0.2, -0.15) is 0 Å². The molecule has 1 aliphatic carbocycles. The van der Waals surface area contributed by atoms with Gasteiger partial charge in [0.25, 0.3) is 5.91 Å². The molecular formula is C17H23NO3. The number of benzene rings is 1. The fourth-order valence-corrected chi connectivity index (χ4v) is 2.53. The molecule has 0 aliphatic heterocycles. The molecule has 21 heavy (non-hydrogen) atoms. The molecule has 0 saturated carbocycles. The summed E-state index contributed by atoms with van der Waals surface area (Å²) in [6.45, 7) is 4.17. The highest BCUT2D eigenvalue weighted by atomic mass is 16.5. The van der Waals surface area contributed by atoms with Gasteiger partial charge in [-0.1, -0.05) is 13.0 Å². The predicted octanol–water partition coefficient (Wildman–Crippen LogP) is 2.64. The van der Waals surface area contributed by atoms with Crippen molar-refractivity contribution in [2.24, 2.45) is 0 Å². The molecule has 1 aromatic carbocycles. The summed E-state index contributed by atoms with van der Waals surface area (Å²) in [6, 6.07) is 5.71. The zero-order valence-corrected chi connectivity index (χ0v) is 12.8. The van der Waals surface area contributed by atoms with Crippen molar-refractivity contribution in [3.05, 3.63) is 34.9 Å². The van der Waals surface area contributed by atoms with E-state index in [4.69, 9.17) is 4.74 Å². The summed E-state index contributed by atoms with van der Waals surface area (Å²) < 4.78 is 5.24. The molecule has 114 valence electrons. The first-order valence-electron chi connectivity index (χ1n) is 7.72. The highest BCUT2D eigenvalue weighted by Crippen LogP contribution is 2.22. The van der Waals surface area contributed by atoms with Crippen molar-refractivity contribution < 1.29 is 14.3 Å². The van der Waals surface area contributed by atoms with E-state index >= 15 is 0 Å². The fraction of sp³-hybridized carbons (Fsp3) is 0.529. The number of hydrogen-bond donors (Lipinski definition) is 1. The van der Waals surface area contributed by atoms with Crippen molar-refractivity contribution >= 4 is 11.9 Å². The van der Waals surface area contributed by atoms with Gasteiger partial charge in [0.15, 0.2) is 6.10 Å². The number of fused-ring (bicyclic) bond motifs is 1. The minimum absolute atomic E-state index is 0.247. The molecule has 2 rings (SSSR count). The lowest BCUT2D eigenvalue weighted by atomic mass is 9.90. The van der Waals surface area contributed by atoms with Gasteiger partial charge in [-0.15, -0.1) is 0 Å². The van der Waals surface area contributed by atoms with E-state index < -0.39 is 12.1 Å². The van der Waals surface area contributed by atoms with Gasteiger partial charge >= 0.3 is 5.97 Å². The van der Waals surface area contributed by atoms with Crippen LogP contribution in [-0.4, -0.2) is 24.5 Å². The Hall–Kier alpha value is -1.84. The Morgan fingerprint density at radius 3 is 2.67 bits per heavy atom. The Morgan fingerprint density at radius 2 is 1.95 bits per heavy atom. The Bertz CT molecular complexity index is 525. The van der Waals surface area contributed by atoms with Crippen LogP contribution in [0.2, 0.25) is 0 Å². The van der Waals surface area contributed by atoms with Crippen LogP contribution in [0.15, 0.2) is 18.2 Å². The quantitative estimate of drug-likeness (QED) is 0.848. The predicted molar refractivity (Wildman–Crippen MR) is 81.3 cm³/mol. The summed E-state index contributed by atoms with van der Waals surface area (Å²) in [7, 11) is 0. The molecule has 0 radical (unpaired) electrons. The first kappa shape index (κ1) is 15.5. The van der Waals surface area contributed by atoms with Crippen LogP contribution in [0.25, 0.3) is 0 Å². The SMILES string of the molecule is CCCNC(=O)[C@@H](C)OC(=O)c1ccc2c(c1)CCCC2. The number of hydrogen-bond acceptors (Lipinski definition) is 3. The molecule has 0 aromatic heterocycles. The second kappa shape index (κ2) is 7.25. The van der Waals surface area contributed by atoms with Crippen LogP contribution in [0.4, 0.5) is 0 Å². The molecule has 4 heteroatoms. The van der Waals surface area contributed by atoms with Crippen LogP contribution in [0.3, 0.4) is 0 Å². The summed E-state index contributed by atoms with van der Waals surface area (Å²) in [5.74, 6) is -0.675. The van der Waals surface area contributed by atoms with Gasteiger partial charge < -0.3 is 10.1 Å². The van der Waals surface area contributed by atoms with Gasteiger partial charge in [0.1, 0.15) is 0 Å². The molecule has 0 heterocycles. The van der Waals surface area contributed by atoms with Crippen LogP contribution >= 0.6 is 0 Å². The molecule has 1 N–H and O–H groups in total. The number of ether oxygens (including phenoxy) is 1. The summed E-state index contributed by atoms with van der Waals surface area (Å²) in [4.78, 5) is 23.8. The van der Waals surface area contributed by atoms with Crippen molar-refractivity contribution in [2.75, 3.05) is 6.54 Å². The van der Waals surface area contributed by atoms with E-state index in [2.05, 4.69) is 5.32 Å². The molecule has 1 atom stereocenters. The number of esters is 1. The molecule has 4 nitrogen and oxygen atoms in total. The number of carbonyl (C=O) groups is 2. The highest BCUT2D eigenvalue weighted by Gasteiger charge is 2.19. The van der Waals surface area contributed by atoms with E-state index in [9.17, 15) is 9.59 Å².